The summed E-state index contributed by atoms with van der Waals surface area (Å²) in [6, 6.07) is 5.31. The Morgan fingerprint density at radius 3 is 2.51 bits per heavy atom. The molecule has 4 rings (SSSR count). The van der Waals surface area contributed by atoms with Gasteiger partial charge in [0.15, 0.2) is 6.54 Å². The quantitative estimate of drug-likeness (QED) is 0.541. The van der Waals surface area contributed by atoms with E-state index in [-0.39, 0.29) is 17.2 Å². The number of carbonyl (C=O) groups is 2. The molecule has 0 spiro atoms. The number of hydrogen-bond donors (Lipinski definition) is 3. The summed E-state index contributed by atoms with van der Waals surface area (Å²) in [4.78, 5) is 29.1. The Morgan fingerprint density at radius 2 is 1.86 bits per heavy atom. The van der Waals surface area contributed by atoms with Crippen molar-refractivity contribution in [3.8, 4) is 11.5 Å². The van der Waals surface area contributed by atoms with Gasteiger partial charge in [-0.2, -0.15) is 0 Å². The summed E-state index contributed by atoms with van der Waals surface area (Å²) in [6.07, 6.45) is 5.14. The summed E-state index contributed by atoms with van der Waals surface area (Å²) < 4.78 is 10.8. The van der Waals surface area contributed by atoms with Crippen molar-refractivity contribution in [1.82, 2.24) is 0 Å². The van der Waals surface area contributed by atoms with Crippen LogP contribution in [0.5, 0.6) is 11.5 Å². The van der Waals surface area contributed by atoms with Gasteiger partial charge in [0.1, 0.15) is 16.5 Å². The SMILES string of the molecule is COc1ccc(NC(=O)c2c(NC(=O)C[NH+]3CCCC3)sc3c2CC[C@H](C(C)(C)C)C3)c(OC)c1. The van der Waals surface area contributed by atoms with E-state index in [1.807, 2.05) is 0 Å². The van der Waals surface area contributed by atoms with Gasteiger partial charge in [-0.3, -0.25) is 9.59 Å². The van der Waals surface area contributed by atoms with Gasteiger partial charge in [-0.1, -0.05) is 20.8 Å². The minimum Gasteiger partial charge on any atom is -0.497 e. The number of hydrogen-bond acceptors (Lipinski definition) is 5. The molecule has 1 saturated heterocycles. The van der Waals surface area contributed by atoms with Crippen molar-refractivity contribution in [3.63, 3.8) is 0 Å². The number of thiophene rings is 1. The number of benzene rings is 1. The summed E-state index contributed by atoms with van der Waals surface area (Å²) in [6.45, 7) is 9.35. The smallest absolute Gasteiger partial charge is 0.280 e. The van der Waals surface area contributed by atoms with Gasteiger partial charge in [0.25, 0.3) is 11.8 Å². The van der Waals surface area contributed by atoms with E-state index in [4.69, 9.17) is 9.47 Å². The van der Waals surface area contributed by atoms with Crippen molar-refractivity contribution in [2.24, 2.45) is 11.3 Å². The van der Waals surface area contributed by atoms with Crippen molar-refractivity contribution >= 4 is 33.8 Å². The molecule has 7 nitrogen and oxygen atoms in total. The number of fused-ring (bicyclic) bond motifs is 1. The molecule has 0 unspecified atom stereocenters. The maximum Gasteiger partial charge on any atom is 0.280 e. The van der Waals surface area contributed by atoms with Crippen molar-refractivity contribution < 1.29 is 24.0 Å². The lowest BCUT2D eigenvalue weighted by Crippen LogP contribution is -3.11. The molecule has 2 aromatic rings. The number of methoxy groups -OCH3 is 2. The second-order valence-corrected chi connectivity index (χ2v) is 11.8. The number of amides is 2. The van der Waals surface area contributed by atoms with Gasteiger partial charge in [0, 0.05) is 23.8 Å². The van der Waals surface area contributed by atoms with Crippen molar-refractivity contribution in [1.29, 1.82) is 0 Å². The van der Waals surface area contributed by atoms with E-state index >= 15 is 0 Å². The molecule has 1 aliphatic carbocycles. The zero-order valence-corrected chi connectivity index (χ0v) is 22.3. The van der Waals surface area contributed by atoms with Crippen LogP contribution in [0.2, 0.25) is 0 Å². The van der Waals surface area contributed by atoms with Crippen molar-refractivity contribution in [3.05, 3.63) is 34.2 Å². The highest BCUT2D eigenvalue weighted by atomic mass is 32.1. The first-order chi connectivity index (χ1) is 16.7. The topological polar surface area (TPSA) is 81.1 Å². The van der Waals surface area contributed by atoms with E-state index in [1.165, 1.54) is 22.6 Å². The number of likely N-dealkylation sites (tertiary alicyclic amines) is 1. The normalized spacial score (nSPS) is 18.1. The monoisotopic (exact) mass is 500 g/mol. The first-order valence-electron chi connectivity index (χ1n) is 12.5. The lowest BCUT2D eigenvalue weighted by atomic mass is 9.72. The molecule has 1 atom stereocenters. The molecule has 3 N–H and O–H groups in total. The molecule has 2 heterocycles. The number of rotatable bonds is 7. The zero-order valence-electron chi connectivity index (χ0n) is 21.5. The molecule has 35 heavy (non-hydrogen) atoms. The van der Waals surface area contributed by atoms with Crippen LogP contribution in [0, 0.1) is 11.3 Å². The summed E-state index contributed by atoms with van der Waals surface area (Å²) in [7, 11) is 3.16. The van der Waals surface area contributed by atoms with E-state index in [0.29, 0.717) is 40.2 Å². The fraction of sp³-hybridized carbons (Fsp3) is 0.556. The van der Waals surface area contributed by atoms with Crippen LogP contribution in [-0.4, -0.2) is 45.7 Å². The molecule has 2 aliphatic rings. The van der Waals surface area contributed by atoms with Gasteiger partial charge >= 0.3 is 0 Å². The van der Waals surface area contributed by atoms with E-state index in [9.17, 15) is 9.59 Å². The minimum atomic E-state index is -0.219. The molecule has 1 aliphatic heterocycles. The second kappa shape index (κ2) is 10.6. The fourth-order valence-corrected chi connectivity index (χ4v) is 6.53. The van der Waals surface area contributed by atoms with Crippen molar-refractivity contribution in [2.75, 3.05) is 44.5 Å². The first kappa shape index (κ1) is 25.5. The third-order valence-corrected chi connectivity index (χ3v) is 8.52. The summed E-state index contributed by atoms with van der Waals surface area (Å²) in [5.41, 5.74) is 2.44. The number of ether oxygens (including phenoxy) is 2. The third-order valence-electron chi connectivity index (χ3n) is 7.35. The summed E-state index contributed by atoms with van der Waals surface area (Å²) in [5, 5.41) is 6.80. The molecule has 1 aromatic heterocycles. The van der Waals surface area contributed by atoms with Gasteiger partial charge in [-0.05, 0) is 48.3 Å². The van der Waals surface area contributed by atoms with E-state index in [2.05, 4.69) is 31.4 Å². The van der Waals surface area contributed by atoms with E-state index < -0.39 is 0 Å². The van der Waals surface area contributed by atoms with Gasteiger partial charge in [-0.25, -0.2) is 0 Å². The molecule has 0 bridgehead atoms. The molecule has 190 valence electrons. The molecule has 1 fully saturated rings. The zero-order chi connectivity index (χ0) is 25.2. The van der Waals surface area contributed by atoms with Gasteiger partial charge in [0.05, 0.1) is 38.6 Å². The molecule has 1 aromatic carbocycles. The van der Waals surface area contributed by atoms with Crippen LogP contribution in [0.15, 0.2) is 18.2 Å². The average molecular weight is 501 g/mol. The standard InChI is InChI=1S/C27H37N3O4S/c1-27(2,3)17-8-10-19-22(14-17)35-26(29-23(31)16-30-12-6-7-13-30)24(19)25(32)28-20-11-9-18(33-4)15-21(20)34-5/h9,11,15,17H,6-8,10,12-14,16H2,1-5H3,(H,28,32)(H,29,31)/p+1/t17-/m0/s1. The van der Waals surface area contributed by atoms with Crippen molar-refractivity contribution in [2.45, 2.75) is 52.9 Å². The Balaban J connectivity index is 1.63. The molecular formula is C27H38N3O4S+. The highest BCUT2D eigenvalue weighted by Crippen LogP contribution is 2.44. The highest BCUT2D eigenvalue weighted by molar-refractivity contribution is 7.17. The molecule has 2 amide bonds. The maximum absolute atomic E-state index is 13.6. The van der Waals surface area contributed by atoms with Crippen LogP contribution in [0.25, 0.3) is 0 Å². The molecule has 0 radical (unpaired) electrons. The van der Waals surface area contributed by atoms with Crippen LogP contribution in [0.4, 0.5) is 10.7 Å². The highest BCUT2D eigenvalue weighted by Gasteiger charge is 2.34. The third kappa shape index (κ3) is 5.81. The number of nitrogens with one attached hydrogen (secondary N) is 3. The Hall–Kier alpha value is -2.58. The first-order valence-corrected chi connectivity index (χ1v) is 13.3. The Bertz CT molecular complexity index is 1080. The van der Waals surface area contributed by atoms with Crippen LogP contribution in [0.3, 0.4) is 0 Å². The van der Waals surface area contributed by atoms with Crippen LogP contribution < -0.4 is 25.0 Å². The maximum atomic E-state index is 13.6. The van der Waals surface area contributed by atoms with Crippen LogP contribution in [-0.2, 0) is 17.6 Å². The average Bonchev–Trinajstić information content (AvgIpc) is 3.45. The largest absolute Gasteiger partial charge is 0.497 e. The van der Waals surface area contributed by atoms with Crippen LogP contribution >= 0.6 is 11.3 Å². The number of quaternary nitrogens is 1. The number of anilines is 2. The van der Waals surface area contributed by atoms with E-state index in [0.717, 1.165) is 37.9 Å². The molecular weight excluding hydrogens is 462 g/mol. The van der Waals surface area contributed by atoms with Gasteiger partial charge < -0.3 is 25.0 Å². The fourth-order valence-electron chi connectivity index (χ4n) is 5.19. The lowest BCUT2D eigenvalue weighted by molar-refractivity contribution is -0.878. The molecule has 8 heteroatoms. The predicted molar refractivity (Wildman–Crippen MR) is 140 cm³/mol. The second-order valence-electron chi connectivity index (χ2n) is 10.7. The molecule has 0 saturated carbocycles. The summed E-state index contributed by atoms with van der Waals surface area (Å²) in [5.74, 6) is 1.48. The number of carbonyl (C=O) groups excluding carboxylic acids is 2. The van der Waals surface area contributed by atoms with Gasteiger partial charge in [0.2, 0.25) is 0 Å². The predicted octanol–water partition coefficient (Wildman–Crippen LogP) is 3.79. The minimum absolute atomic E-state index is 0.0241. The Labute approximate surface area is 212 Å². The Morgan fingerprint density at radius 1 is 1.11 bits per heavy atom. The summed E-state index contributed by atoms with van der Waals surface area (Å²) >= 11 is 1.57. The van der Waals surface area contributed by atoms with E-state index in [1.54, 1.807) is 43.8 Å². The van der Waals surface area contributed by atoms with Crippen LogP contribution in [0.1, 0.15) is 60.8 Å². The lowest BCUT2D eigenvalue weighted by Gasteiger charge is -2.33. The Kier molecular flexibility index (Phi) is 7.71. The van der Waals surface area contributed by atoms with Gasteiger partial charge in [-0.15, -0.1) is 11.3 Å².